The van der Waals surface area contributed by atoms with Gasteiger partial charge >= 0.3 is 0 Å². The summed E-state index contributed by atoms with van der Waals surface area (Å²) in [6, 6.07) is 21.2. The largest absolute Gasteiger partial charge is 0.491 e. The Morgan fingerprint density at radius 3 is 2.13 bits per heavy atom. The Morgan fingerprint density at radius 1 is 0.792 bits per heavy atom. The molecule has 1 aromatic heterocycles. The van der Waals surface area contributed by atoms with Gasteiger partial charge in [-0.05, 0) is 67.3 Å². The van der Waals surface area contributed by atoms with Gasteiger partial charge in [0.05, 0.1) is 84.8 Å². The fraction of sp³-hybridized carbons (Fsp3) is 0.425. The number of nitrogens with zero attached hydrogens (tertiary/aromatic N) is 2. The maximum absolute atomic E-state index is 13.3. The highest BCUT2D eigenvalue weighted by Gasteiger charge is 2.27. The summed E-state index contributed by atoms with van der Waals surface area (Å²) in [5.74, 6) is 0.519. The van der Waals surface area contributed by atoms with Crippen LogP contribution in [0.5, 0.6) is 5.75 Å². The topological polar surface area (TPSA) is 138 Å². The molecule has 2 N–H and O–H groups in total. The third-order valence-electron chi connectivity index (χ3n) is 8.40. The molecule has 5 rings (SSSR count). The number of nitrogens with one attached hydrogen (secondary N) is 1. The Hall–Kier alpha value is -4.21. The van der Waals surface area contributed by atoms with Gasteiger partial charge in [0.15, 0.2) is 5.13 Å². The smallest absolute Gasteiger partial charge is 0.258 e. The highest BCUT2D eigenvalue weighted by Crippen LogP contribution is 2.36. The molecule has 0 radical (unpaired) electrons. The Labute approximate surface area is 314 Å². The SMILES string of the molecule is Cc1ccccc1C(=O)N1CCc2cc(-c3nc(NC(=O)Cc4cccc(OCCOCCOCCOCCOCCOCCO)c4)sc3C)ccc21. The molecule has 3 aromatic carbocycles. The van der Waals surface area contributed by atoms with E-state index in [0.717, 1.165) is 50.5 Å². The fourth-order valence-electron chi connectivity index (χ4n) is 5.79. The minimum absolute atomic E-state index is 0.0125. The number of ether oxygens (including phenoxy) is 6. The van der Waals surface area contributed by atoms with Crippen molar-refractivity contribution >= 4 is 34.0 Å². The lowest BCUT2D eigenvalue weighted by Crippen LogP contribution is -2.29. The molecule has 2 amide bonds. The van der Waals surface area contributed by atoms with Gasteiger partial charge in [-0.1, -0.05) is 36.4 Å². The number of aryl methyl sites for hydroxylation is 2. The molecule has 13 heteroatoms. The van der Waals surface area contributed by atoms with Gasteiger partial charge in [-0.3, -0.25) is 9.59 Å². The maximum atomic E-state index is 13.3. The van der Waals surface area contributed by atoms with E-state index in [9.17, 15) is 9.59 Å². The summed E-state index contributed by atoms with van der Waals surface area (Å²) in [6.07, 6.45) is 0.957. The number of benzene rings is 3. The van der Waals surface area contributed by atoms with Gasteiger partial charge in [0, 0.05) is 28.2 Å². The first-order chi connectivity index (χ1) is 25.9. The van der Waals surface area contributed by atoms with Crippen LogP contribution in [-0.2, 0) is 41.3 Å². The van der Waals surface area contributed by atoms with Crippen LogP contribution in [0.1, 0.15) is 31.9 Å². The quantitative estimate of drug-likeness (QED) is 0.0967. The van der Waals surface area contributed by atoms with Crippen LogP contribution in [0.4, 0.5) is 10.8 Å². The minimum atomic E-state index is -0.163. The second kappa shape index (κ2) is 21.5. The highest BCUT2D eigenvalue weighted by atomic mass is 32.1. The van der Waals surface area contributed by atoms with Crippen LogP contribution in [0, 0.1) is 13.8 Å². The van der Waals surface area contributed by atoms with Crippen LogP contribution in [-0.4, -0.2) is 108 Å². The monoisotopic (exact) mass is 747 g/mol. The second-order valence-corrected chi connectivity index (χ2v) is 13.5. The van der Waals surface area contributed by atoms with Crippen LogP contribution in [0.25, 0.3) is 11.3 Å². The van der Waals surface area contributed by atoms with Crippen LogP contribution in [0.15, 0.2) is 66.7 Å². The first-order valence-corrected chi connectivity index (χ1v) is 18.7. The molecule has 53 heavy (non-hydrogen) atoms. The second-order valence-electron chi connectivity index (χ2n) is 12.3. The highest BCUT2D eigenvalue weighted by molar-refractivity contribution is 7.16. The summed E-state index contributed by atoms with van der Waals surface area (Å²) >= 11 is 1.44. The molecule has 0 spiro atoms. The van der Waals surface area contributed by atoms with Crippen LogP contribution in [0.2, 0.25) is 0 Å². The maximum Gasteiger partial charge on any atom is 0.258 e. The van der Waals surface area contributed by atoms with Crippen molar-refractivity contribution in [3.05, 3.63) is 93.9 Å². The van der Waals surface area contributed by atoms with Gasteiger partial charge in [-0.15, -0.1) is 11.3 Å². The number of aliphatic hydroxyl groups is 1. The van der Waals surface area contributed by atoms with Gasteiger partial charge < -0.3 is 43.7 Å². The number of carbonyl (C=O) groups is 2. The van der Waals surface area contributed by atoms with E-state index in [1.165, 1.54) is 11.3 Å². The van der Waals surface area contributed by atoms with Crippen molar-refractivity contribution in [2.75, 3.05) is 96.0 Å². The van der Waals surface area contributed by atoms with Crippen LogP contribution in [0.3, 0.4) is 0 Å². The molecule has 12 nitrogen and oxygen atoms in total. The number of thiazole rings is 1. The van der Waals surface area contributed by atoms with Gasteiger partial charge in [-0.2, -0.15) is 0 Å². The van der Waals surface area contributed by atoms with Crippen LogP contribution >= 0.6 is 11.3 Å². The third kappa shape index (κ3) is 12.4. The van der Waals surface area contributed by atoms with E-state index in [4.69, 9.17) is 38.5 Å². The number of rotatable bonds is 23. The molecule has 2 heterocycles. The van der Waals surface area contributed by atoms with E-state index in [-0.39, 0.29) is 24.8 Å². The summed E-state index contributed by atoms with van der Waals surface area (Å²) in [5, 5.41) is 12.1. The number of amides is 2. The Morgan fingerprint density at radius 2 is 1.45 bits per heavy atom. The number of aromatic nitrogens is 1. The Bertz CT molecular complexity index is 1760. The lowest BCUT2D eigenvalue weighted by molar-refractivity contribution is -0.115. The fourth-order valence-corrected chi connectivity index (χ4v) is 6.65. The first kappa shape index (κ1) is 40.0. The molecule has 0 bridgehead atoms. The average molecular weight is 748 g/mol. The lowest BCUT2D eigenvalue weighted by atomic mass is 10.0. The number of anilines is 2. The van der Waals surface area contributed by atoms with Gasteiger partial charge in [0.25, 0.3) is 5.91 Å². The van der Waals surface area contributed by atoms with E-state index in [1.54, 1.807) is 0 Å². The van der Waals surface area contributed by atoms with Crippen LogP contribution < -0.4 is 15.0 Å². The molecule has 0 saturated heterocycles. The van der Waals surface area contributed by atoms with E-state index in [0.29, 0.717) is 90.1 Å². The molecule has 0 unspecified atom stereocenters. The predicted molar refractivity (Wildman–Crippen MR) is 204 cm³/mol. The lowest BCUT2D eigenvalue weighted by Gasteiger charge is -2.18. The molecular formula is C40H49N3O9S. The number of carbonyl (C=O) groups excluding carboxylic acids is 2. The Kier molecular flexibility index (Phi) is 16.2. The summed E-state index contributed by atoms with van der Waals surface area (Å²) in [6.45, 7) is 9.43. The van der Waals surface area contributed by atoms with Crippen molar-refractivity contribution in [1.82, 2.24) is 4.98 Å². The van der Waals surface area contributed by atoms with Crippen molar-refractivity contribution in [3.8, 4) is 17.0 Å². The van der Waals surface area contributed by atoms with E-state index in [2.05, 4.69) is 11.4 Å². The van der Waals surface area contributed by atoms with Gasteiger partial charge in [0.1, 0.15) is 12.4 Å². The van der Waals surface area contributed by atoms with Crippen molar-refractivity contribution in [3.63, 3.8) is 0 Å². The summed E-state index contributed by atoms with van der Waals surface area (Å²) in [7, 11) is 0. The summed E-state index contributed by atoms with van der Waals surface area (Å²) in [4.78, 5) is 33.9. The van der Waals surface area contributed by atoms with Gasteiger partial charge in [0.2, 0.25) is 5.91 Å². The normalized spacial score (nSPS) is 12.2. The first-order valence-electron chi connectivity index (χ1n) is 17.9. The zero-order valence-corrected chi connectivity index (χ0v) is 31.3. The van der Waals surface area contributed by atoms with E-state index >= 15 is 0 Å². The molecule has 0 saturated carbocycles. The zero-order chi connectivity index (χ0) is 37.3. The minimum Gasteiger partial charge on any atom is -0.491 e. The molecule has 1 aliphatic heterocycles. The molecule has 4 aromatic rings. The molecule has 1 aliphatic rings. The number of hydrogen-bond donors (Lipinski definition) is 2. The molecule has 284 valence electrons. The summed E-state index contributed by atoms with van der Waals surface area (Å²) < 4.78 is 32.8. The van der Waals surface area contributed by atoms with Crippen molar-refractivity contribution in [2.45, 2.75) is 26.7 Å². The van der Waals surface area contributed by atoms with Crippen molar-refractivity contribution in [1.29, 1.82) is 0 Å². The zero-order valence-electron chi connectivity index (χ0n) is 30.5. The molecular weight excluding hydrogens is 699 g/mol. The van der Waals surface area contributed by atoms with E-state index < -0.39 is 0 Å². The van der Waals surface area contributed by atoms with E-state index in [1.807, 2.05) is 79.4 Å². The third-order valence-corrected chi connectivity index (χ3v) is 9.28. The Balaban J connectivity index is 0.979. The average Bonchev–Trinajstić information content (AvgIpc) is 3.75. The number of hydrogen-bond acceptors (Lipinski definition) is 11. The molecule has 0 atom stereocenters. The molecule has 0 fully saturated rings. The predicted octanol–water partition coefficient (Wildman–Crippen LogP) is 5.27. The van der Waals surface area contributed by atoms with Gasteiger partial charge in [-0.25, -0.2) is 4.98 Å². The van der Waals surface area contributed by atoms with Crippen molar-refractivity contribution < 1.29 is 43.1 Å². The summed E-state index contributed by atoms with van der Waals surface area (Å²) in [5.41, 5.74) is 6.35. The standard InChI is InChI=1S/C40H49N3O9S/c1-29-6-3-4-9-35(29)39(46)43-13-12-32-28-33(10-11-36(32)43)38-30(2)53-40(42-38)41-37(45)27-31-7-5-8-34(26-31)52-25-24-51-23-22-50-21-20-49-19-18-48-17-16-47-15-14-44/h3-11,26,28,44H,12-25,27H2,1-2H3,(H,41,42,45). The molecule has 0 aliphatic carbocycles. The number of aliphatic hydroxyl groups excluding tert-OH is 1. The number of fused-ring (bicyclic) bond motifs is 1. The van der Waals surface area contributed by atoms with Crippen molar-refractivity contribution in [2.24, 2.45) is 0 Å².